The van der Waals surface area contributed by atoms with Gasteiger partial charge in [0.25, 0.3) is 0 Å². The minimum atomic E-state index is -0.378. The van der Waals surface area contributed by atoms with Crippen LogP contribution >= 0.6 is 11.3 Å². The molecule has 0 amide bonds. The second-order valence-corrected chi connectivity index (χ2v) is 6.23. The third kappa shape index (κ3) is 3.14. The van der Waals surface area contributed by atoms with Gasteiger partial charge in [-0.25, -0.2) is 19.6 Å². The number of carbonyl (C=O) groups is 1. The van der Waals surface area contributed by atoms with Gasteiger partial charge in [-0.15, -0.1) is 11.3 Å². The predicted octanol–water partition coefficient (Wildman–Crippen LogP) is 1.68. The van der Waals surface area contributed by atoms with Crippen LogP contribution in [0.2, 0.25) is 0 Å². The lowest BCUT2D eigenvalue weighted by molar-refractivity contribution is -0.141. The number of nitrogens with one attached hydrogen (secondary N) is 1. The third-order valence-corrected chi connectivity index (χ3v) is 4.49. The van der Waals surface area contributed by atoms with Crippen molar-refractivity contribution in [2.24, 2.45) is 0 Å². The van der Waals surface area contributed by atoms with E-state index in [9.17, 15) is 4.79 Å². The number of aryl methyl sites for hydroxylation is 2. The molecule has 0 aromatic carbocycles. The van der Waals surface area contributed by atoms with E-state index in [-0.39, 0.29) is 12.5 Å². The molecular formula is C14H16N6O2S. The second-order valence-electron chi connectivity index (χ2n) is 4.94. The fourth-order valence-corrected chi connectivity index (χ4v) is 2.98. The summed E-state index contributed by atoms with van der Waals surface area (Å²) in [5.74, 6) is 0.286. The van der Waals surface area contributed by atoms with Gasteiger partial charge in [-0.3, -0.25) is 4.79 Å². The van der Waals surface area contributed by atoms with E-state index < -0.39 is 0 Å². The number of ether oxygens (including phenoxy) is 1. The first-order valence-electron chi connectivity index (χ1n) is 6.98. The van der Waals surface area contributed by atoms with E-state index in [4.69, 9.17) is 0 Å². The first-order chi connectivity index (χ1) is 11.1. The number of anilines is 1. The molecule has 0 bridgehead atoms. The minimum absolute atomic E-state index is 0.0152. The maximum absolute atomic E-state index is 11.4. The number of rotatable bonds is 5. The number of carbonyl (C=O) groups excluding carboxylic acids is 1. The molecule has 3 aromatic heterocycles. The highest BCUT2D eigenvalue weighted by Gasteiger charge is 2.13. The Morgan fingerprint density at radius 1 is 1.39 bits per heavy atom. The molecule has 3 rings (SSSR count). The average molecular weight is 332 g/mol. The van der Waals surface area contributed by atoms with Crippen molar-refractivity contribution in [1.82, 2.24) is 24.7 Å². The summed E-state index contributed by atoms with van der Waals surface area (Å²) < 4.78 is 6.15. The molecule has 0 radical (unpaired) electrons. The largest absolute Gasteiger partial charge is 0.468 e. The van der Waals surface area contributed by atoms with Crippen LogP contribution in [0.1, 0.15) is 15.6 Å². The fraction of sp³-hybridized carbons (Fsp3) is 0.357. The van der Waals surface area contributed by atoms with E-state index in [1.165, 1.54) is 23.0 Å². The van der Waals surface area contributed by atoms with Gasteiger partial charge in [0.05, 0.1) is 30.9 Å². The molecule has 23 heavy (non-hydrogen) atoms. The van der Waals surface area contributed by atoms with Crippen molar-refractivity contribution in [2.45, 2.75) is 26.9 Å². The monoisotopic (exact) mass is 332 g/mol. The second kappa shape index (κ2) is 6.29. The van der Waals surface area contributed by atoms with E-state index in [2.05, 4.69) is 37.0 Å². The maximum atomic E-state index is 11.4. The molecule has 0 spiro atoms. The predicted molar refractivity (Wildman–Crippen MR) is 86.3 cm³/mol. The molecule has 0 saturated carbocycles. The molecule has 8 nitrogen and oxygen atoms in total. The Balaban J connectivity index is 1.82. The molecule has 0 fully saturated rings. The number of hydrogen-bond donors (Lipinski definition) is 1. The highest BCUT2D eigenvalue weighted by Crippen LogP contribution is 2.21. The molecular weight excluding hydrogens is 316 g/mol. The summed E-state index contributed by atoms with van der Waals surface area (Å²) in [5.41, 5.74) is 1.63. The highest BCUT2D eigenvalue weighted by molar-refractivity contribution is 7.11. The van der Waals surface area contributed by atoms with Crippen molar-refractivity contribution >= 4 is 34.2 Å². The number of hydrogen-bond acceptors (Lipinski definition) is 8. The van der Waals surface area contributed by atoms with Gasteiger partial charge in [-0.1, -0.05) is 0 Å². The minimum Gasteiger partial charge on any atom is -0.468 e. The first-order valence-corrected chi connectivity index (χ1v) is 7.80. The summed E-state index contributed by atoms with van der Waals surface area (Å²) >= 11 is 1.66. The molecule has 1 N–H and O–H groups in total. The summed E-state index contributed by atoms with van der Waals surface area (Å²) in [6.45, 7) is 4.64. The lowest BCUT2D eigenvalue weighted by Crippen LogP contribution is -2.13. The quantitative estimate of drug-likeness (QED) is 0.710. The number of methoxy groups -OCH3 is 1. The van der Waals surface area contributed by atoms with Crippen molar-refractivity contribution in [3.05, 3.63) is 28.1 Å². The van der Waals surface area contributed by atoms with Crippen LogP contribution in [0.15, 0.2) is 12.5 Å². The SMILES string of the molecule is COC(=O)Cn1ncc2c(NCc3nc(C)c(C)s3)ncnc21. The zero-order chi connectivity index (χ0) is 16.4. The Kier molecular flexibility index (Phi) is 4.20. The van der Waals surface area contributed by atoms with Gasteiger partial charge in [0.15, 0.2) is 5.65 Å². The standard InChI is InChI=1S/C14H16N6O2S/c1-8-9(2)23-11(19-8)5-15-13-10-4-18-20(6-12(21)22-3)14(10)17-7-16-13/h4,7H,5-6H2,1-3H3,(H,15,16,17). The molecule has 0 aliphatic rings. The van der Waals surface area contributed by atoms with Crippen LogP contribution in [0.5, 0.6) is 0 Å². The Morgan fingerprint density at radius 2 is 2.22 bits per heavy atom. The molecule has 3 aromatic rings. The maximum Gasteiger partial charge on any atom is 0.327 e. The van der Waals surface area contributed by atoms with Gasteiger partial charge in [-0.2, -0.15) is 5.10 Å². The van der Waals surface area contributed by atoms with E-state index >= 15 is 0 Å². The summed E-state index contributed by atoms with van der Waals surface area (Å²) in [7, 11) is 1.34. The molecule has 0 saturated heterocycles. The smallest absolute Gasteiger partial charge is 0.327 e. The molecule has 0 atom stereocenters. The Hall–Kier alpha value is -2.55. The molecule has 0 aliphatic carbocycles. The number of fused-ring (bicyclic) bond motifs is 1. The van der Waals surface area contributed by atoms with Crippen molar-refractivity contribution in [2.75, 3.05) is 12.4 Å². The highest BCUT2D eigenvalue weighted by atomic mass is 32.1. The van der Waals surface area contributed by atoms with Gasteiger partial charge >= 0.3 is 5.97 Å². The van der Waals surface area contributed by atoms with Gasteiger partial charge in [0.2, 0.25) is 0 Å². The van der Waals surface area contributed by atoms with Crippen molar-refractivity contribution in [3.8, 4) is 0 Å². The van der Waals surface area contributed by atoms with Crippen LogP contribution in [-0.2, 0) is 22.6 Å². The Morgan fingerprint density at radius 3 is 2.91 bits per heavy atom. The van der Waals surface area contributed by atoms with E-state index in [1.807, 2.05) is 6.92 Å². The van der Waals surface area contributed by atoms with E-state index in [1.54, 1.807) is 17.5 Å². The number of aromatic nitrogens is 5. The summed E-state index contributed by atoms with van der Waals surface area (Å²) in [6, 6.07) is 0. The number of thiazole rings is 1. The zero-order valence-corrected chi connectivity index (χ0v) is 13.8. The van der Waals surface area contributed by atoms with Gasteiger partial charge < -0.3 is 10.1 Å². The Labute approximate surface area is 136 Å². The topological polar surface area (TPSA) is 94.8 Å². The van der Waals surface area contributed by atoms with E-state index in [0.29, 0.717) is 18.0 Å². The molecule has 9 heteroatoms. The molecule has 3 heterocycles. The third-order valence-electron chi connectivity index (χ3n) is 3.42. The number of esters is 1. The Bertz CT molecular complexity index is 837. The van der Waals surface area contributed by atoms with Gasteiger partial charge in [0.1, 0.15) is 23.7 Å². The van der Waals surface area contributed by atoms with Crippen LogP contribution in [0.25, 0.3) is 11.0 Å². The summed E-state index contributed by atoms with van der Waals surface area (Å²) in [4.78, 5) is 25.5. The van der Waals surface area contributed by atoms with Crippen molar-refractivity contribution in [1.29, 1.82) is 0 Å². The summed E-state index contributed by atoms with van der Waals surface area (Å²) in [6.07, 6.45) is 3.08. The van der Waals surface area contributed by atoms with Crippen LogP contribution < -0.4 is 5.32 Å². The van der Waals surface area contributed by atoms with E-state index in [0.717, 1.165) is 16.1 Å². The van der Waals surface area contributed by atoms with Crippen LogP contribution in [0, 0.1) is 13.8 Å². The van der Waals surface area contributed by atoms with Crippen LogP contribution in [-0.4, -0.2) is 37.8 Å². The summed E-state index contributed by atoms with van der Waals surface area (Å²) in [5, 5.41) is 9.18. The molecule has 120 valence electrons. The average Bonchev–Trinajstić information content (AvgIpc) is 3.09. The number of nitrogens with zero attached hydrogens (tertiary/aromatic N) is 5. The lowest BCUT2D eigenvalue weighted by atomic mass is 10.4. The zero-order valence-electron chi connectivity index (χ0n) is 13.0. The van der Waals surface area contributed by atoms with Crippen LogP contribution in [0.3, 0.4) is 0 Å². The van der Waals surface area contributed by atoms with Crippen LogP contribution in [0.4, 0.5) is 5.82 Å². The fourth-order valence-electron chi connectivity index (χ4n) is 2.11. The van der Waals surface area contributed by atoms with Crippen molar-refractivity contribution in [3.63, 3.8) is 0 Å². The molecule has 0 aliphatic heterocycles. The first kappa shape index (κ1) is 15.3. The normalized spacial score (nSPS) is 10.9. The lowest BCUT2D eigenvalue weighted by Gasteiger charge is -2.05. The van der Waals surface area contributed by atoms with Gasteiger partial charge in [-0.05, 0) is 13.8 Å². The van der Waals surface area contributed by atoms with Crippen molar-refractivity contribution < 1.29 is 9.53 Å². The molecule has 0 unspecified atom stereocenters. The van der Waals surface area contributed by atoms with Gasteiger partial charge in [0, 0.05) is 4.88 Å².